The Hall–Kier alpha value is -2.30. The number of amides is 1. The summed E-state index contributed by atoms with van der Waals surface area (Å²) < 4.78 is 5.06. The zero-order valence-electron chi connectivity index (χ0n) is 12.8. The van der Waals surface area contributed by atoms with Crippen molar-refractivity contribution in [1.29, 1.82) is 0 Å². The monoisotopic (exact) mass is 363 g/mol. The first-order chi connectivity index (χ1) is 11.5. The number of carbonyl (C=O) groups is 2. The number of anilines is 1. The Kier molecular flexibility index (Phi) is 6.41. The molecular formula is C18H15Cl2NO3. The minimum atomic E-state index is -0.941. The molecule has 2 rings (SSSR count). The van der Waals surface area contributed by atoms with Gasteiger partial charge in [-0.2, -0.15) is 0 Å². The number of para-hydroxylation sites is 1. The van der Waals surface area contributed by atoms with E-state index in [1.165, 1.54) is 19.1 Å². The molecule has 0 aliphatic carbocycles. The summed E-state index contributed by atoms with van der Waals surface area (Å²) in [6.07, 6.45) is 1.69. The molecule has 0 spiro atoms. The van der Waals surface area contributed by atoms with Crippen LogP contribution in [-0.4, -0.2) is 18.0 Å². The minimum Gasteiger partial charge on any atom is -0.449 e. The summed E-state index contributed by atoms with van der Waals surface area (Å²) in [5, 5.41) is 3.49. The molecule has 2 aromatic carbocycles. The maximum absolute atomic E-state index is 12.0. The Bertz CT molecular complexity index is 740. The lowest BCUT2D eigenvalue weighted by atomic mass is 10.2. The number of halogens is 2. The van der Waals surface area contributed by atoms with Crippen molar-refractivity contribution in [2.45, 2.75) is 13.0 Å². The summed E-state index contributed by atoms with van der Waals surface area (Å²) in [7, 11) is 0. The summed E-state index contributed by atoms with van der Waals surface area (Å²) in [6.45, 7) is 1.49. The predicted molar refractivity (Wildman–Crippen MR) is 96.1 cm³/mol. The highest BCUT2D eigenvalue weighted by atomic mass is 35.5. The fourth-order valence-corrected chi connectivity index (χ4v) is 2.38. The first-order valence-electron chi connectivity index (χ1n) is 7.16. The van der Waals surface area contributed by atoms with Crippen LogP contribution in [0.1, 0.15) is 12.5 Å². The average molecular weight is 364 g/mol. The van der Waals surface area contributed by atoms with Crippen LogP contribution in [0.25, 0.3) is 6.08 Å². The van der Waals surface area contributed by atoms with Gasteiger partial charge < -0.3 is 10.1 Å². The molecule has 24 heavy (non-hydrogen) atoms. The van der Waals surface area contributed by atoms with Crippen LogP contribution >= 0.6 is 23.2 Å². The highest BCUT2D eigenvalue weighted by molar-refractivity contribution is 6.37. The van der Waals surface area contributed by atoms with Gasteiger partial charge >= 0.3 is 5.97 Å². The lowest BCUT2D eigenvalue weighted by molar-refractivity contribution is -0.148. The van der Waals surface area contributed by atoms with Crippen LogP contribution in [0.5, 0.6) is 0 Å². The number of esters is 1. The molecule has 0 fully saturated rings. The van der Waals surface area contributed by atoms with E-state index in [0.717, 1.165) is 0 Å². The minimum absolute atomic E-state index is 0.418. The van der Waals surface area contributed by atoms with Gasteiger partial charge in [-0.1, -0.05) is 47.5 Å². The summed E-state index contributed by atoms with van der Waals surface area (Å²) in [4.78, 5) is 23.8. The number of nitrogens with one attached hydrogen (secondary N) is 1. The van der Waals surface area contributed by atoms with Gasteiger partial charge in [-0.3, -0.25) is 4.79 Å². The van der Waals surface area contributed by atoms with Crippen molar-refractivity contribution in [2.75, 3.05) is 5.32 Å². The van der Waals surface area contributed by atoms with E-state index < -0.39 is 18.0 Å². The molecule has 0 aliphatic heterocycles. The molecule has 0 aliphatic rings. The smallest absolute Gasteiger partial charge is 0.331 e. The molecular weight excluding hydrogens is 349 g/mol. The van der Waals surface area contributed by atoms with Gasteiger partial charge in [0, 0.05) is 27.4 Å². The predicted octanol–water partition coefficient (Wildman–Crippen LogP) is 4.58. The third-order valence-electron chi connectivity index (χ3n) is 3.09. The molecule has 0 bridgehead atoms. The highest BCUT2D eigenvalue weighted by Crippen LogP contribution is 2.25. The van der Waals surface area contributed by atoms with Gasteiger partial charge in [-0.25, -0.2) is 4.79 Å². The largest absolute Gasteiger partial charge is 0.449 e. The number of benzene rings is 2. The van der Waals surface area contributed by atoms with E-state index in [-0.39, 0.29) is 0 Å². The number of rotatable bonds is 5. The van der Waals surface area contributed by atoms with Crippen molar-refractivity contribution < 1.29 is 14.3 Å². The van der Waals surface area contributed by atoms with Crippen LogP contribution in [0.15, 0.2) is 54.6 Å². The van der Waals surface area contributed by atoms with E-state index in [1.807, 2.05) is 6.07 Å². The van der Waals surface area contributed by atoms with Crippen molar-refractivity contribution in [3.63, 3.8) is 0 Å². The van der Waals surface area contributed by atoms with Gasteiger partial charge in [-0.05, 0) is 37.3 Å². The second kappa shape index (κ2) is 8.52. The van der Waals surface area contributed by atoms with Gasteiger partial charge in [0.15, 0.2) is 6.10 Å². The number of hydrogen-bond acceptors (Lipinski definition) is 3. The Morgan fingerprint density at radius 3 is 2.29 bits per heavy atom. The first-order valence-corrected chi connectivity index (χ1v) is 7.91. The third-order valence-corrected chi connectivity index (χ3v) is 3.75. The highest BCUT2D eigenvalue weighted by Gasteiger charge is 2.16. The van der Waals surface area contributed by atoms with E-state index in [4.69, 9.17) is 27.9 Å². The van der Waals surface area contributed by atoms with Gasteiger partial charge in [0.25, 0.3) is 5.91 Å². The van der Waals surface area contributed by atoms with Crippen LogP contribution in [0.4, 0.5) is 5.69 Å². The molecule has 6 heteroatoms. The number of ether oxygens (including phenoxy) is 1. The molecule has 0 radical (unpaired) electrons. The van der Waals surface area contributed by atoms with Gasteiger partial charge in [0.2, 0.25) is 0 Å². The fraction of sp³-hybridized carbons (Fsp3) is 0.111. The van der Waals surface area contributed by atoms with Gasteiger partial charge in [0.1, 0.15) is 0 Å². The van der Waals surface area contributed by atoms with E-state index in [9.17, 15) is 9.59 Å². The molecule has 1 atom stereocenters. The van der Waals surface area contributed by atoms with Crippen LogP contribution in [-0.2, 0) is 14.3 Å². The second-order valence-electron chi connectivity index (χ2n) is 4.90. The van der Waals surface area contributed by atoms with Crippen molar-refractivity contribution >= 4 is 46.8 Å². The quantitative estimate of drug-likeness (QED) is 0.624. The van der Waals surface area contributed by atoms with E-state index >= 15 is 0 Å². The SMILES string of the molecule is C[C@H](OC(=O)/C=C/c1c(Cl)cccc1Cl)C(=O)Nc1ccccc1. The van der Waals surface area contributed by atoms with Crippen molar-refractivity contribution in [1.82, 2.24) is 0 Å². The molecule has 1 N–H and O–H groups in total. The average Bonchev–Trinajstić information content (AvgIpc) is 2.55. The summed E-state index contributed by atoms with van der Waals surface area (Å²) in [5.74, 6) is -1.08. The molecule has 0 saturated heterocycles. The molecule has 124 valence electrons. The molecule has 1 amide bonds. The molecule has 0 heterocycles. The van der Waals surface area contributed by atoms with E-state index in [2.05, 4.69) is 5.32 Å². The van der Waals surface area contributed by atoms with Crippen LogP contribution < -0.4 is 5.32 Å². The topological polar surface area (TPSA) is 55.4 Å². The summed E-state index contributed by atoms with van der Waals surface area (Å²) in [6, 6.07) is 13.9. The van der Waals surface area contributed by atoms with Crippen molar-refractivity contribution in [2.24, 2.45) is 0 Å². The van der Waals surface area contributed by atoms with E-state index in [0.29, 0.717) is 21.3 Å². The lowest BCUT2D eigenvalue weighted by Gasteiger charge is -2.12. The lowest BCUT2D eigenvalue weighted by Crippen LogP contribution is -2.29. The normalized spacial score (nSPS) is 12.0. The zero-order chi connectivity index (χ0) is 17.5. The van der Waals surface area contributed by atoms with Crippen LogP contribution in [0.2, 0.25) is 10.0 Å². The molecule has 0 unspecified atom stereocenters. The van der Waals surface area contributed by atoms with Gasteiger partial charge in [0.05, 0.1) is 0 Å². The third kappa shape index (κ3) is 5.11. The molecule has 0 saturated carbocycles. The maximum Gasteiger partial charge on any atom is 0.331 e. The van der Waals surface area contributed by atoms with Crippen LogP contribution in [0, 0.1) is 0 Å². The molecule has 0 aromatic heterocycles. The number of hydrogen-bond donors (Lipinski definition) is 1. The van der Waals surface area contributed by atoms with Crippen molar-refractivity contribution in [3.8, 4) is 0 Å². The Labute approximate surface area is 150 Å². The van der Waals surface area contributed by atoms with Crippen molar-refractivity contribution in [3.05, 3.63) is 70.2 Å². The summed E-state index contributed by atoms with van der Waals surface area (Å²) >= 11 is 12.0. The maximum atomic E-state index is 12.0. The van der Waals surface area contributed by atoms with Crippen LogP contribution in [0.3, 0.4) is 0 Å². The van der Waals surface area contributed by atoms with E-state index in [1.54, 1.807) is 42.5 Å². The Balaban J connectivity index is 1.94. The summed E-state index contributed by atoms with van der Waals surface area (Å²) in [5.41, 5.74) is 1.14. The zero-order valence-corrected chi connectivity index (χ0v) is 14.3. The second-order valence-corrected chi connectivity index (χ2v) is 5.72. The van der Waals surface area contributed by atoms with Gasteiger partial charge in [-0.15, -0.1) is 0 Å². The molecule has 4 nitrogen and oxygen atoms in total. The Morgan fingerprint density at radius 2 is 1.67 bits per heavy atom. The fourth-order valence-electron chi connectivity index (χ4n) is 1.85. The first kappa shape index (κ1) is 18.0. The number of carbonyl (C=O) groups excluding carboxylic acids is 2. The molecule has 2 aromatic rings. The Morgan fingerprint density at radius 1 is 1.04 bits per heavy atom. The standard InChI is InChI=1S/C18H15Cl2NO3/c1-12(18(23)21-13-6-3-2-4-7-13)24-17(22)11-10-14-15(19)8-5-9-16(14)20/h2-12H,1H3,(H,21,23)/b11-10+/t12-/m0/s1.